The summed E-state index contributed by atoms with van der Waals surface area (Å²) in [6.45, 7) is 2.95. The molecular weight excluding hydrogens is 482 g/mol. The highest BCUT2D eigenvalue weighted by Gasteiger charge is 2.56. The third kappa shape index (κ3) is 6.70. The second-order valence-corrected chi connectivity index (χ2v) is 9.68. The zero-order valence-corrected chi connectivity index (χ0v) is 20.8. The number of fused-ring (bicyclic) bond motifs is 1. The van der Waals surface area contributed by atoms with E-state index in [0.29, 0.717) is 11.6 Å². The van der Waals surface area contributed by atoms with Gasteiger partial charge in [-0.2, -0.15) is 0 Å². The molecule has 1 spiro atoms. The SMILES string of the molecule is CN1CCCC(C(=O)N2CCC3(CC2)CC3NC(=O)c2cc3cccnc3[nH]c2=O)C1.O=CO.O=CO. The number of nitrogens with one attached hydrogen (secondary N) is 2. The summed E-state index contributed by atoms with van der Waals surface area (Å²) in [6, 6.07) is 5.28. The molecule has 37 heavy (non-hydrogen) atoms. The topological polar surface area (TPSA) is 173 Å². The molecule has 200 valence electrons. The van der Waals surface area contributed by atoms with Gasteiger partial charge in [-0.3, -0.25) is 24.0 Å². The Bertz CT molecular complexity index is 1170. The number of carbonyl (C=O) groups excluding carboxylic acids is 2. The molecule has 0 aromatic carbocycles. The van der Waals surface area contributed by atoms with Crippen LogP contribution in [-0.2, 0) is 14.4 Å². The third-order valence-electron chi connectivity index (χ3n) is 7.40. The summed E-state index contributed by atoms with van der Waals surface area (Å²) < 4.78 is 0. The van der Waals surface area contributed by atoms with Crippen LogP contribution in [0.5, 0.6) is 0 Å². The van der Waals surface area contributed by atoms with E-state index in [4.69, 9.17) is 19.8 Å². The number of likely N-dealkylation sites (tertiary alicyclic amines) is 2. The predicted octanol–water partition coefficient (Wildman–Crippen LogP) is 0.777. The first kappa shape index (κ1) is 27.8. The summed E-state index contributed by atoms with van der Waals surface area (Å²) in [4.78, 5) is 65.8. The average molecular weight is 516 g/mol. The number of aromatic nitrogens is 2. The fraction of sp³-hybridized carbons (Fsp3) is 0.520. The van der Waals surface area contributed by atoms with E-state index < -0.39 is 5.56 Å². The van der Waals surface area contributed by atoms with Crippen molar-refractivity contribution in [2.75, 3.05) is 33.2 Å². The van der Waals surface area contributed by atoms with Gasteiger partial charge in [0.2, 0.25) is 5.91 Å². The minimum absolute atomic E-state index is 0.0704. The molecule has 3 aliphatic rings. The molecule has 2 atom stereocenters. The molecule has 2 unspecified atom stereocenters. The van der Waals surface area contributed by atoms with Crippen LogP contribution < -0.4 is 10.9 Å². The van der Waals surface area contributed by atoms with Crippen LogP contribution in [0.25, 0.3) is 11.0 Å². The number of rotatable bonds is 3. The van der Waals surface area contributed by atoms with Crippen molar-refractivity contribution in [1.82, 2.24) is 25.1 Å². The number of pyridine rings is 2. The molecule has 2 saturated heterocycles. The standard InChI is InChI=1S/C23H29N5O3.2CH2O2/c1-27-9-3-5-16(14-27)22(31)28-10-6-23(7-11-28)13-18(23)25-20(29)17-12-15-4-2-8-24-19(15)26-21(17)30;2*2-1-3/h2,4,8,12,16,18H,3,5-7,9-11,13-14H2,1H3,(H,25,29)(H,24,26,30);2*1H,(H,2,3). The quantitative estimate of drug-likeness (QED) is 0.431. The molecule has 4 heterocycles. The first-order valence-electron chi connectivity index (χ1n) is 12.2. The predicted molar refractivity (Wildman–Crippen MR) is 134 cm³/mol. The number of aromatic amines is 1. The van der Waals surface area contributed by atoms with Crippen molar-refractivity contribution in [3.05, 3.63) is 40.3 Å². The Hall–Kier alpha value is -3.80. The lowest BCUT2D eigenvalue weighted by molar-refractivity contribution is -0.138. The first-order valence-corrected chi connectivity index (χ1v) is 12.2. The summed E-state index contributed by atoms with van der Waals surface area (Å²) in [5, 5.41) is 17.6. The highest BCUT2D eigenvalue weighted by Crippen LogP contribution is 2.54. The number of carboxylic acid groups (broad SMARTS) is 2. The molecule has 4 N–H and O–H groups in total. The van der Waals surface area contributed by atoms with Crippen molar-refractivity contribution in [3.8, 4) is 0 Å². The summed E-state index contributed by atoms with van der Waals surface area (Å²) in [7, 11) is 2.08. The molecule has 2 aromatic rings. The van der Waals surface area contributed by atoms with Gasteiger partial charge in [-0.25, -0.2) is 4.98 Å². The Balaban J connectivity index is 0.000000580. The number of piperidine rings is 2. The number of hydrogen-bond acceptors (Lipinski definition) is 7. The summed E-state index contributed by atoms with van der Waals surface area (Å²) in [5.41, 5.74) is 0.252. The zero-order valence-electron chi connectivity index (χ0n) is 20.8. The van der Waals surface area contributed by atoms with Crippen LogP contribution in [0, 0.1) is 11.3 Å². The maximum Gasteiger partial charge on any atom is 0.290 e. The molecule has 2 aromatic heterocycles. The van der Waals surface area contributed by atoms with Gasteiger partial charge in [0.1, 0.15) is 11.2 Å². The van der Waals surface area contributed by atoms with Gasteiger partial charge >= 0.3 is 0 Å². The van der Waals surface area contributed by atoms with Crippen LogP contribution in [0.4, 0.5) is 0 Å². The van der Waals surface area contributed by atoms with Gasteiger partial charge in [-0.1, -0.05) is 0 Å². The molecular formula is C25H33N5O7. The van der Waals surface area contributed by atoms with Crippen molar-refractivity contribution in [2.45, 2.75) is 38.1 Å². The van der Waals surface area contributed by atoms with Gasteiger partial charge in [0.25, 0.3) is 24.4 Å². The van der Waals surface area contributed by atoms with E-state index in [9.17, 15) is 14.4 Å². The Kier molecular flexibility index (Phi) is 9.34. The second-order valence-electron chi connectivity index (χ2n) is 9.68. The first-order chi connectivity index (χ1) is 17.8. The fourth-order valence-electron chi connectivity index (χ4n) is 5.34. The minimum atomic E-state index is -0.420. The largest absolute Gasteiger partial charge is 0.483 e. The van der Waals surface area contributed by atoms with Crippen LogP contribution in [0.2, 0.25) is 0 Å². The maximum absolute atomic E-state index is 12.9. The smallest absolute Gasteiger partial charge is 0.290 e. The van der Waals surface area contributed by atoms with Crippen LogP contribution >= 0.6 is 0 Å². The Morgan fingerprint density at radius 3 is 2.51 bits per heavy atom. The Morgan fingerprint density at radius 2 is 1.86 bits per heavy atom. The summed E-state index contributed by atoms with van der Waals surface area (Å²) >= 11 is 0. The highest BCUT2D eigenvalue weighted by atomic mass is 16.3. The van der Waals surface area contributed by atoms with Gasteiger partial charge in [-0.15, -0.1) is 0 Å². The monoisotopic (exact) mass is 515 g/mol. The second kappa shape index (κ2) is 12.4. The van der Waals surface area contributed by atoms with Crippen molar-refractivity contribution in [3.63, 3.8) is 0 Å². The van der Waals surface area contributed by atoms with E-state index >= 15 is 0 Å². The Labute approximate surface area is 213 Å². The molecule has 12 heteroatoms. The molecule has 12 nitrogen and oxygen atoms in total. The number of hydrogen-bond donors (Lipinski definition) is 4. The molecule has 1 saturated carbocycles. The third-order valence-corrected chi connectivity index (χ3v) is 7.40. The lowest BCUT2D eigenvalue weighted by Gasteiger charge is -2.37. The van der Waals surface area contributed by atoms with Gasteiger partial charge in [0.05, 0.1) is 5.92 Å². The van der Waals surface area contributed by atoms with E-state index in [1.807, 2.05) is 11.0 Å². The number of carbonyl (C=O) groups is 4. The summed E-state index contributed by atoms with van der Waals surface area (Å²) in [5.74, 6) is 0.0770. The van der Waals surface area contributed by atoms with E-state index in [-0.39, 0.29) is 41.8 Å². The molecule has 0 bridgehead atoms. The fourth-order valence-corrected chi connectivity index (χ4v) is 5.34. The molecule has 1 aliphatic carbocycles. The van der Waals surface area contributed by atoms with Gasteiger partial charge in [-0.05, 0) is 69.3 Å². The molecule has 2 amide bonds. The van der Waals surface area contributed by atoms with Crippen LogP contribution in [0.1, 0.15) is 42.5 Å². The van der Waals surface area contributed by atoms with E-state index in [1.165, 1.54) is 0 Å². The average Bonchev–Trinajstić information content (AvgIpc) is 3.54. The minimum Gasteiger partial charge on any atom is -0.483 e. The normalized spacial score (nSPS) is 22.0. The molecule has 3 fully saturated rings. The van der Waals surface area contributed by atoms with Gasteiger partial charge < -0.3 is 30.3 Å². The molecule has 0 radical (unpaired) electrons. The number of nitrogens with zero attached hydrogens (tertiary/aromatic N) is 3. The molecule has 5 rings (SSSR count). The number of amides is 2. The van der Waals surface area contributed by atoms with E-state index in [1.54, 1.807) is 18.3 Å². The van der Waals surface area contributed by atoms with E-state index in [2.05, 4.69) is 27.2 Å². The lowest BCUT2D eigenvalue weighted by Crippen LogP contribution is -2.47. The zero-order chi connectivity index (χ0) is 27.0. The van der Waals surface area contributed by atoms with Crippen molar-refractivity contribution < 1.29 is 29.4 Å². The Morgan fingerprint density at radius 1 is 1.19 bits per heavy atom. The maximum atomic E-state index is 12.9. The van der Waals surface area contributed by atoms with Crippen molar-refractivity contribution >= 4 is 35.8 Å². The van der Waals surface area contributed by atoms with Crippen LogP contribution in [0.3, 0.4) is 0 Å². The van der Waals surface area contributed by atoms with Gasteiger partial charge in [0, 0.05) is 37.3 Å². The highest BCUT2D eigenvalue weighted by molar-refractivity contribution is 5.97. The van der Waals surface area contributed by atoms with E-state index in [0.717, 1.165) is 63.7 Å². The van der Waals surface area contributed by atoms with Crippen molar-refractivity contribution in [1.29, 1.82) is 0 Å². The molecule has 2 aliphatic heterocycles. The van der Waals surface area contributed by atoms with Crippen LogP contribution in [0.15, 0.2) is 29.2 Å². The lowest BCUT2D eigenvalue weighted by atomic mass is 9.90. The van der Waals surface area contributed by atoms with Crippen molar-refractivity contribution in [2.24, 2.45) is 11.3 Å². The van der Waals surface area contributed by atoms with Crippen LogP contribution in [-0.4, -0.2) is 94.0 Å². The summed E-state index contributed by atoms with van der Waals surface area (Å²) in [6.07, 6.45) is 6.41. The van der Waals surface area contributed by atoms with Gasteiger partial charge in [0.15, 0.2) is 0 Å². The number of H-pyrrole nitrogens is 1.